The number of hydrogen-bond acceptors (Lipinski definition) is 4. The molecule has 0 N–H and O–H groups in total. The van der Waals surface area contributed by atoms with E-state index in [1.165, 1.54) is 4.68 Å². The molecule has 0 spiro atoms. The number of rotatable bonds is 6. The number of hydrogen-bond donors (Lipinski definition) is 0. The molecule has 3 aromatic carbocycles. The van der Waals surface area contributed by atoms with Gasteiger partial charge in [-0.15, -0.1) is 0 Å². The second-order valence-electron chi connectivity index (χ2n) is 7.88. The van der Waals surface area contributed by atoms with Crippen molar-refractivity contribution in [3.63, 3.8) is 0 Å². The van der Waals surface area contributed by atoms with Gasteiger partial charge in [0.2, 0.25) is 0 Å². The summed E-state index contributed by atoms with van der Waals surface area (Å²) in [5.74, 6) is 1.49. The summed E-state index contributed by atoms with van der Waals surface area (Å²) in [7, 11) is 0. The topological polar surface area (TPSA) is 56.5 Å². The lowest BCUT2D eigenvalue weighted by Gasteiger charge is -2.13. The lowest BCUT2D eigenvalue weighted by molar-refractivity contribution is 0.301. The Morgan fingerprint density at radius 1 is 1.03 bits per heavy atom. The lowest BCUT2D eigenvalue weighted by Crippen LogP contribution is -2.23. The van der Waals surface area contributed by atoms with Crippen molar-refractivity contribution in [3.8, 4) is 5.75 Å². The van der Waals surface area contributed by atoms with Crippen molar-refractivity contribution in [2.24, 2.45) is 5.10 Å². The predicted molar refractivity (Wildman–Crippen MR) is 161 cm³/mol. The molecule has 0 aliphatic rings. The first-order valence-corrected chi connectivity index (χ1v) is 14.1. The van der Waals surface area contributed by atoms with Gasteiger partial charge in [0.25, 0.3) is 5.56 Å². The Kier molecular flexibility index (Phi) is 8.47. The number of fused-ring (bicyclic) bond motifs is 1. The molecule has 0 aliphatic heterocycles. The smallest absolute Gasteiger partial charge is 0.282 e. The Bertz CT molecular complexity index is 1430. The number of halogens is 4. The molecular weight excluding hydrogens is 788 g/mol. The van der Waals surface area contributed by atoms with Gasteiger partial charge < -0.3 is 4.74 Å². The average molecular weight is 807 g/mol. The average Bonchev–Trinajstić information content (AvgIpc) is 2.79. The monoisotopic (exact) mass is 805 g/mol. The van der Waals surface area contributed by atoms with E-state index in [-0.39, 0.29) is 11.5 Å². The minimum Gasteiger partial charge on any atom is -0.487 e. The van der Waals surface area contributed by atoms with Gasteiger partial charge in [-0.25, -0.2) is 4.98 Å². The van der Waals surface area contributed by atoms with Gasteiger partial charge in [0.1, 0.15) is 18.2 Å². The quantitative estimate of drug-likeness (QED) is 0.148. The lowest BCUT2D eigenvalue weighted by atomic mass is 10.2. The molecule has 0 unspecified atom stereocenters. The summed E-state index contributed by atoms with van der Waals surface area (Å²) in [6, 6.07) is 17.6. The third-order valence-electron chi connectivity index (χ3n) is 4.99. The van der Waals surface area contributed by atoms with Crippen LogP contribution in [0.3, 0.4) is 0 Å². The molecule has 174 valence electrons. The van der Waals surface area contributed by atoms with Crippen LogP contribution in [-0.2, 0) is 6.61 Å². The summed E-state index contributed by atoms with van der Waals surface area (Å²) in [6.45, 7) is 4.49. The summed E-state index contributed by atoms with van der Waals surface area (Å²) in [6.07, 6.45) is 1.70. The fourth-order valence-corrected chi connectivity index (χ4v) is 6.06. The maximum Gasteiger partial charge on any atom is 0.282 e. The van der Waals surface area contributed by atoms with Crippen molar-refractivity contribution in [1.82, 2.24) is 9.66 Å². The molecule has 0 amide bonds. The highest BCUT2D eigenvalue weighted by Crippen LogP contribution is 2.29. The molecule has 4 rings (SSSR count). The minimum atomic E-state index is -0.190. The molecule has 9 heteroatoms. The van der Waals surface area contributed by atoms with Gasteiger partial charge in [0.15, 0.2) is 0 Å². The minimum absolute atomic E-state index is 0.0348. The molecule has 5 nitrogen and oxygen atoms in total. The fraction of sp³-hybridized carbons (Fsp3) is 0.160. The van der Waals surface area contributed by atoms with Crippen LogP contribution >= 0.6 is 77.0 Å². The third-order valence-corrected chi connectivity index (χ3v) is 7.61. The standard InChI is InChI=1S/C25H19Br2I2N3O2/c1-14(2)24-31-22-8-7-18(27)11-19(22)25(33)32(24)30-12-16-9-20(28)23(21(29)10-16)34-13-15-3-5-17(26)6-4-15/h3-12,14H,13H2,1-2H3. The molecule has 0 bridgehead atoms. The molecule has 0 fully saturated rings. The second kappa shape index (κ2) is 11.2. The highest BCUT2D eigenvalue weighted by molar-refractivity contribution is 14.1. The normalized spacial score (nSPS) is 11.6. The van der Waals surface area contributed by atoms with E-state index in [2.05, 4.69) is 82.1 Å². The van der Waals surface area contributed by atoms with Crippen LogP contribution in [0.25, 0.3) is 10.9 Å². The van der Waals surface area contributed by atoms with Crippen LogP contribution in [0.4, 0.5) is 0 Å². The van der Waals surface area contributed by atoms with Crippen LogP contribution < -0.4 is 10.3 Å². The zero-order chi connectivity index (χ0) is 24.4. The molecule has 1 aromatic heterocycles. The second-order valence-corrected chi connectivity index (χ2v) is 12.0. The SMILES string of the molecule is CC(C)c1nc2ccc(Br)cc2c(=O)n1N=Cc1cc(I)c(OCc2ccc(Br)cc2)c(I)c1. The molecule has 1 heterocycles. The van der Waals surface area contributed by atoms with Crippen LogP contribution in [0, 0.1) is 7.14 Å². The Morgan fingerprint density at radius 3 is 2.32 bits per heavy atom. The number of aromatic nitrogens is 2. The van der Waals surface area contributed by atoms with Crippen LogP contribution in [0.2, 0.25) is 0 Å². The fourth-order valence-electron chi connectivity index (χ4n) is 3.30. The van der Waals surface area contributed by atoms with E-state index in [1.807, 2.05) is 62.4 Å². The van der Waals surface area contributed by atoms with E-state index in [9.17, 15) is 4.79 Å². The van der Waals surface area contributed by atoms with Crippen LogP contribution in [0.1, 0.15) is 36.7 Å². The number of nitrogens with zero attached hydrogens (tertiary/aromatic N) is 3. The first-order valence-electron chi connectivity index (χ1n) is 10.4. The van der Waals surface area contributed by atoms with E-state index in [0.717, 1.165) is 33.0 Å². The third kappa shape index (κ3) is 5.90. The van der Waals surface area contributed by atoms with E-state index < -0.39 is 0 Å². The Hall–Kier alpha value is -1.31. The number of benzene rings is 3. The van der Waals surface area contributed by atoms with Crippen molar-refractivity contribution >= 4 is 94.2 Å². The van der Waals surface area contributed by atoms with Crippen molar-refractivity contribution in [3.05, 3.63) is 98.0 Å². The van der Waals surface area contributed by atoms with E-state index in [1.54, 1.807) is 12.3 Å². The zero-order valence-electron chi connectivity index (χ0n) is 18.2. The van der Waals surface area contributed by atoms with Crippen LogP contribution in [0.15, 0.2) is 73.4 Å². The van der Waals surface area contributed by atoms with Gasteiger partial charge in [0.05, 0.1) is 24.3 Å². The van der Waals surface area contributed by atoms with E-state index in [0.29, 0.717) is 23.3 Å². The zero-order valence-corrected chi connectivity index (χ0v) is 25.7. The van der Waals surface area contributed by atoms with Crippen molar-refractivity contribution < 1.29 is 4.74 Å². The maximum atomic E-state index is 13.2. The Labute approximate surface area is 241 Å². The van der Waals surface area contributed by atoms with Gasteiger partial charge in [0, 0.05) is 14.9 Å². The van der Waals surface area contributed by atoms with Gasteiger partial charge >= 0.3 is 0 Å². The predicted octanol–water partition coefficient (Wildman–Crippen LogP) is 7.72. The van der Waals surface area contributed by atoms with Crippen LogP contribution in [-0.4, -0.2) is 15.9 Å². The Balaban J connectivity index is 1.65. The molecule has 0 radical (unpaired) electrons. The Morgan fingerprint density at radius 2 is 1.68 bits per heavy atom. The van der Waals surface area contributed by atoms with Crippen molar-refractivity contribution in [2.75, 3.05) is 0 Å². The summed E-state index contributed by atoms with van der Waals surface area (Å²) in [4.78, 5) is 17.9. The summed E-state index contributed by atoms with van der Waals surface area (Å²) >= 11 is 11.4. The first kappa shape index (κ1) is 25.8. The highest BCUT2D eigenvalue weighted by Gasteiger charge is 2.14. The molecule has 0 atom stereocenters. The largest absolute Gasteiger partial charge is 0.487 e. The highest BCUT2D eigenvalue weighted by atomic mass is 127. The van der Waals surface area contributed by atoms with Crippen molar-refractivity contribution in [1.29, 1.82) is 0 Å². The molecule has 0 saturated heterocycles. The molecule has 0 aliphatic carbocycles. The molecule has 0 saturated carbocycles. The van der Waals surface area contributed by atoms with Gasteiger partial charge in [-0.3, -0.25) is 4.79 Å². The summed E-state index contributed by atoms with van der Waals surface area (Å²) in [5, 5.41) is 5.06. The molecule has 4 aromatic rings. The van der Waals surface area contributed by atoms with Gasteiger partial charge in [-0.2, -0.15) is 9.78 Å². The molecular formula is C25H19Br2I2N3O2. The molecule has 34 heavy (non-hydrogen) atoms. The van der Waals surface area contributed by atoms with Crippen LogP contribution in [0.5, 0.6) is 5.75 Å². The van der Waals surface area contributed by atoms with Gasteiger partial charge in [-0.05, 0) is 98.8 Å². The first-order chi connectivity index (χ1) is 16.2. The van der Waals surface area contributed by atoms with Crippen molar-refractivity contribution in [2.45, 2.75) is 26.4 Å². The summed E-state index contributed by atoms with van der Waals surface area (Å²) < 4.78 is 11.3. The van der Waals surface area contributed by atoms with E-state index >= 15 is 0 Å². The van der Waals surface area contributed by atoms with E-state index in [4.69, 9.17) is 9.72 Å². The van der Waals surface area contributed by atoms with Gasteiger partial charge in [-0.1, -0.05) is 57.8 Å². The number of ether oxygens (including phenoxy) is 1. The summed E-state index contributed by atoms with van der Waals surface area (Å²) in [5.41, 5.74) is 2.45. The maximum absolute atomic E-state index is 13.2.